The SMILES string of the molecule is Cc1oc(S(=O)(=O)N(C)C)cc1C(=O)N1CCNCC1.Cl. The van der Waals surface area contributed by atoms with Crippen LogP contribution in [0.2, 0.25) is 0 Å². The summed E-state index contributed by atoms with van der Waals surface area (Å²) in [5.41, 5.74) is 0.312. The Hall–Kier alpha value is -1.09. The van der Waals surface area contributed by atoms with Crippen LogP contribution in [0.25, 0.3) is 0 Å². The Morgan fingerprint density at radius 2 is 1.90 bits per heavy atom. The smallest absolute Gasteiger partial charge is 0.275 e. The molecule has 1 aromatic rings. The summed E-state index contributed by atoms with van der Waals surface area (Å²) in [5, 5.41) is 2.96. The first-order valence-electron chi connectivity index (χ1n) is 6.37. The minimum Gasteiger partial charge on any atom is -0.448 e. The first kappa shape index (κ1) is 18.0. The lowest BCUT2D eigenvalue weighted by Gasteiger charge is -2.27. The second-order valence-electron chi connectivity index (χ2n) is 4.86. The maximum Gasteiger partial charge on any atom is 0.275 e. The molecular weight excluding hydrogens is 318 g/mol. The summed E-state index contributed by atoms with van der Waals surface area (Å²) < 4.78 is 30.3. The summed E-state index contributed by atoms with van der Waals surface area (Å²) in [5.74, 6) is 0.141. The topological polar surface area (TPSA) is 82.9 Å². The molecule has 0 saturated carbocycles. The summed E-state index contributed by atoms with van der Waals surface area (Å²) in [7, 11) is -0.816. The largest absolute Gasteiger partial charge is 0.448 e. The second-order valence-corrected chi connectivity index (χ2v) is 6.95. The third-order valence-corrected chi connectivity index (χ3v) is 4.94. The van der Waals surface area contributed by atoms with Gasteiger partial charge in [0.25, 0.3) is 15.9 Å². The number of nitrogens with one attached hydrogen (secondary N) is 1. The zero-order valence-corrected chi connectivity index (χ0v) is 13.9. The van der Waals surface area contributed by atoms with Gasteiger partial charge in [0.05, 0.1) is 5.56 Å². The van der Waals surface area contributed by atoms with Crippen molar-refractivity contribution in [1.29, 1.82) is 0 Å². The molecule has 0 bridgehead atoms. The van der Waals surface area contributed by atoms with Gasteiger partial charge < -0.3 is 14.6 Å². The molecule has 0 aromatic carbocycles. The summed E-state index contributed by atoms with van der Waals surface area (Å²) in [6, 6.07) is 1.31. The van der Waals surface area contributed by atoms with E-state index in [2.05, 4.69) is 5.32 Å². The average Bonchev–Trinajstić information content (AvgIpc) is 2.81. The molecule has 0 radical (unpaired) electrons. The Balaban J connectivity index is 0.00000220. The van der Waals surface area contributed by atoms with Gasteiger partial charge in [-0.3, -0.25) is 4.79 Å². The molecule has 2 rings (SSSR count). The lowest BCUT2D eigenvalue weighted by molar-refractivity contribution is 0.0734. The molecule has 2 heterocycles. The van der Waals surface area contributed by atoms with Crippen LogP contribution >= 0.6 is 12.4 Å². The quantitative estimate of drug-likeness (QED) is 0.858. The number of halogens is 1. The number of hydrogen-bond acceptors (Lipinski definition) is 5. The maximum absolute atomic E-state index is 12.4. The van der Waals surface area contributed by atoms with E-state index in [1.807, 2.05) is 0 Å². The van der Waals surface area contributed by atoms with Gasteiger partial charge in [-0.1, -0.05) is 0 Å². The van der Waals surface area contributed by atoms with Gasteiger partial charge in [0.1, 0.15) is 5.76 Å². The van der Waals surface area contributed by atoms with Crippen LogP contribution in [0.3, 0.4) is 0 Å². The fourth-order valence-electron chi connectivity index (χ4n) is 2.01. The second kappa shape index (κ2) is 6.78. The molecule has 1 N–H and O–H groups in total. The summed E-state index contributed by atoms with van der Waals surface area (Å²) >= 11 is 0. The van der Waals surface area contributed by atoms with Gasteiger partial charge in [0.15, 0.2) is 0 Å². The van der Waals surface area contributed by atoms with Crippen molar-refractivity contribution >= 4 is 28.3 Å². The number of aryl methyl sites for hydroxylation is 1. The van der Waals surface area contributed by atoms with E-state index in [0.29, 0.717) is 24.4 Å². The van der Waals surface area contributed by atoms with E-state index in [4.69, 9.17) is 4.42 Å². The Bertz CT molecular complexity index is 606. The van der Waals surface area contributed by atoms with Gasteiger partial charge >= 0.3 is 0 Å². The van der Waals surface area contributed by atoms with Crippen LogP contribution in [0.4, 0.5) is 0 Å². The molecule has 7 nitrogen and oxygen atoms in total. The van der Waals surface area contributed by atoms with Crippen molar-refractivity contribution in [3.8, 4) is 0 Å². The summed E-state index contributed by atoms with van der Waals surface area (Å²) in [4.78, 5) is 14.1. The van der Waals surface area contributed by atoms with Crippen LogP contribution in [-0.4, -0.2) is 63.8 Å². The maximum atomic E-state index is 12.4. The number of carbonyl (C=O) groups is 1. The molecule has 1 aliphatic heterocycles. The Morgan fingerprint density at radius 1 is 1.33 bits per heavy atom. The molecule has 1 fully saturated rings. The molecule has 9 heteroatoms. The van der Waals surface area contributed by atoms with E-state index in [0.717, 1.165) is 17.4 Å². The van der Waals surface area contributed by atoms with Crippen LogP contribution in [0, 0.1) is 6.92 Å². The molecule has 1 aliphatic rings. The number of nitrogens with zero attached hydrogens (tertiary/aromatic N) is 2. The summed E-state index contributed by atoms with van der Waals surface area (Å²) in [6.45, 7) is 4.31. The van der Waals surface area contributed by atoms with Crippen molar-refractivity contribution < 1.29 is 17.6 Å². The van der Waals surface area contributed by atoms with Gasteiger partial charge in [-0.25, -0.2) is 12.7 Å². The fraction of sp³-hybridized carbons (Fsp3) is 0.583. The predicted molar refractivity (Wildman–Crippen MR) is 80.3 cm³/mol. The molecule has 1 amide bonds. The number of sulfonamides is 1. The zero-order valence-electron chi connectivity index (χ0n) is 12.2. The monoisotopic (exact) mass is 337 g/mol. The first-order valence-corrected chi connectivity index (χ1v) is 7.81. The molecule has 120 valence electrons. The third-order valence-electron chi connectivity index (χ3n) is 3.26. The number of furan rings is 1. The van der Waals surface area contributed by atoms with Gasteiger partial charge in [0, 0.05) is 46.3 Å². The molecule has 1 saturated heterocycles. The predicted octanol–water partition coefficient (Wildman–Crippen LogP) is 0.306. The van der Waals surface area contributed by atoms with Gasteiger partial charge in [-0.2, -0.15) is 0 Å². The fourth-order valence-corrected chi connectivity index (χ4v) is 2.87. The van der Waals surface area contributed by atoms with Gasteiger partial charge in [0.2, 0.25) is 5.09 Å². The average molecular weight is 338 g/mol. The summed E-state index contributed by atoms with van der Waals surface area (Å²) in [6.07, 6.45) is 0. The van der Waals surface area contributed by atoms with E-state index in [9.17, 15) is 13.2 Å². The van der Waals surface area contributed by atoms with Crippen molar-refractivity contribution in [2.75, 3.05) is 40.3 Å². The number of amides is 1. The number of rotatable bonds is 3. The molecular formula is C12H20ClN3O4S. The van der Waals surface area contributed by atoms with Gasteiger partial charge in [-0.15, -0.1) is 12.4 Å². The molecule has 0 aliphatic carbocycles. The van der Waals surface area contributed by atoms with E-state index >= 15 is 0 Å². The molecule has 1 aromatic heterocycles. The van der Waals surface area contributed by atoms with Crippen molar-refractivity contribution in [3.05, 3.63) is 17.4 Å². The highest BCUT2D eigenvalue weighted by atomic mass is 35.5. The minimum absolute atomic E-state index is 0. The molecule has 21 heavy (non-hydrogen) atoms. The third kappa shape index (κ3) is 3.57. The highest BCUT2D eigenvalue weighted by Gasteiger charge is 2.28. The van der Waals surface area contributed by atoms with E-state index in [1.54, 1.807) is 11.8 Å². The van der Waals surface area contributed by atoms with E-state index < -0.39 is 10.0 Å². The lowest BCUT2D eigenvalue weighted by Crippen LogP contribution is -2.46. The lowest BCUT2D eigenvalue weighted by atomic mass is 10.2. The number of carbonyl (C=O) groups excluding carboxylic acids is 1. The number of hydrogen-bond donors (Lipinski definition) is 1. The zero-order chi connectivity index (χ0) is 14.9. The van der Waals surface area contributed by atoms with Crippen molar-refractivity contribution in [3.63, 3.8) is 0 Å². The highest BCUT2D eigenvalue weighted by molar-refractivity contribution is 7.88. The van der Waals surface area contributed by atoms with Crippen molar-refractivity contribution in [2.45, 2.75) is 12.0 Å². The molecule has 0 unspecified atom stereocenters. The van der Waals surface area contributed by atoms with E-state index in [1.165, 1.54) is 20.2 Å². The van der Waals surface area contributed by atoms with Crippen LogP contribution < -0.4 is 5.32 Å². The van der Waals surface area contributed by atoms with Crippen LogP contribution in [-0.2, 0) is 10.0 Å². The Morgan fingerprint density at radius 3 is 2.43 bits per heavy atom. The highest BCUT2D eigenvalue weighted by Crippen LogP contribution is 2.22. The Kier molecular flexibility index (Phi) is 5.80. The minimum atomic E-state index is -3.66. The number of piperazine rings is 1. The normalized spacial score (nSPS) is 15.9. The standard InChI is InChI=1S/C12H19N3O4S.ClH/c1-9-10(12(16)15-6-4-13-5-7-15)8-11(19-9)20(17,18)14(2)3;/h8,13H,4-7H2,1-3H3;1H. The first-order chi connectivity index (χ1) is 9.34. The van der Waals surface area contributed by atoms with Crippen molar-refractivity contribution in [2.24, 2.45) is 0 Å². The van der Waals surface area contributed by atoms with Crippen LogP contribution in [0.5, 0.6) is 0 Å². The molecule has 0 spiro atoms. The van der Waals surface area contributed by atoms with Gasteiger partial charge in [-0.05, 0) is 6.92 Å². The van der Waals surface area contributed by atoms with Crippen LogP contribution in [0.15, 0.2) is 15.6 Å². The Labute approximate surface area is 130 Å². The van der Waals surface area contributed by atoms with Crippen LogP contribution in [0.1, 0.15) is 16.1 Å². The van der Waals surface area contributed by atoms with E-state index in [-0.39, 0.29) is 23.4 Å². The molecule has 0 atom stereocenters. The van der Waals surface area contributed by atoms with Crippen molar-refractivity contribution in [1.82, 2.24) is 14.5 Å².